The van der Waals surface area contributed by atoms with Crippen molar-refractivity contribution in [1.82, 2.24) is 4.31 Å². The number of rotatable bonds is 8. The Morgan fingerprint density at radius 1 is 1.10 bits per heavy atom. The van der Waals surface area contributed by atoms with Crippen LogP contribution < -0.4 is 4.74 Å². The lowest BCUT2D eigenvalue weighted by Crippen LogP contribution is -2.40. The third-order valence-corrected chi connectivity index (χ3v) is 6.55. The fraction of sp³-hybridized carbons (Fsp3) is 0.273. The van der Waals surface area contributed by atoms with Crippen molar-refractivity contribution in [2.24, 2.45) is 0 Å². The van der Waals surface area contributed by atoms with Crippen molar-refractivity contribution in [3.63, 3.8) is 0 Å². The number of ether oxygens (including phenoxy) is 3. The molecule has 0 amide bonds. The third-order valence-electron chi connectivity index (χ3n) is 4.63. The van der Waals surface area contributed by atoms with E-state index in [4.69, 9.17) is 14.2 Å². The number of carbonyl (C=O) groups excluding carboxylic acids is 2. The zero-order chi connectivity index (χ0) is 22.3. The average Bonchev–Trinajstić information content (AvgIpc) is 2.82. The molecule has 1 saturated heterocycles. The molecule has 1 aliphatic heterocycles. The van der Waals surface area contributed by atoms with Gasteiger partial charge in [0.1, 0.15) is 10.6 Å². The van der Waals surface area contributed by atoms with Gasteiger partial charge in [-0.3, -0.25) is 4.79 Å². The number of hydrogen-bond acceptors (Lipinski definition) is 7. The molecule has 31 heavy (non-hydrogen) atoms. The summed E-state index contributed by atoms with van der Waals surface area (Å²) < 4.78 is 42.8. The first-order chi connectivity index (χ1) is 14.9. The van der Waals surface area contributed by atoms with Crippen LogP contribution in [-0.2, 0) is 24.3 Å². The number of Topliss-reactive ketones (excluding diaryl/α,β-unsaturated/α-hetero) is 1. The molecule has 0 aliphatic carbocycles. The van der Waals surface area contributed by atoms with E-state index in [0.29, 0.717) is 24.3 Å². The molecule has 3 rings (SSSR count). The van der Waals surface area contributed by atoms with Crippen LogP contribution in [0.1, 0.15) is 15.9 Å². The Labute approximate surface area is 181 Å². The summed E-state index contributed by atoms with van der Waals surface area (Å²) in [7, 11) is -2.39. The van der Waals surface area contributed by atoms with Gasteiger partial charge in [-0.2, -0.15) is 4.31 Å². The lowest BCUT2D eigenvalue weighted by Gasteiger charge is -2.26. The molecule has 0 atom stereocenters. The van der Waals surface area contributed by atoms with E-state index in [1.807, 2.05) is 0 Å². The van der Waals surface area contributed by atoms with E-state index < -0.39 is 16.0 Å². The van der Waals surface area contributed by atoms with Crippen molar-refractivity contribution < 1.29 is 32.2 Å². The summed E-state index contributed by atoms with van der Waals surface area (Å²) in [5, 5.41) is 0. The standard InChI is InChI=1S/C22H23NO7S/c1-28-20-9-7-17(15-21(20)31(26,27)23-11-13-29-14-12-23)8-10-22(25)30-16-19(24)18-5-3-2-4-6-18/h2-10,15H,11-14,16H2,1H3. The van der Waals surface area contributed by atoms with Crippen LogP contribution in [0.15, 0.2) is 59.5 Å². The summed E-state index contributed by atoms with van der Waals surface area (Å²) in [4.78, 5) is 24.0. The van der Waals surface area contributed by atoms with Crippen LogP contribution in [0.5, 0.6) is 5.75 Å². The smallest absolute Gasteiger partial charge is 0.331 e. The Morgan fingerprint density at radius 2 is 1.81 bits per heavy atom. The van der Waals surface area contributed by atoms with Crippen LogP contribution in [0.2, 0.25) is 0 Å². The highest BCUT2D eigenvalue weighted by Gasteiger charge is 2.29. The van der Waals surface area contributed by atoms with Gasteiger partial charge in [0.2, 0.25) is 10.0 Å². The normalized spacial score (nSPS) is 15.0. The maximum absolute atomic E-state index is 13.0. The molecule has 0 bridgehead atoms. The summed E-state index contributed by atoms with van der Waals surface area (Å²) in [6.45, 7) is 0.788. The second-order valence-corrected chi connectivity index (χ2v) is 8.56. The molecular formula is C22H23NO7S. The van der Waals surface area contributed by atoms with Crippen molar-refractivity contribution in [2.75, 3.05) is 40.0 Å². The molecule has 2 aromatic carbocycles. The van der Waals surface area contributed by atoms with Gasteiger partial charge in [0.05, 0.1) is 20.3 Å². The van der Waals surface area contributed by atoms with Crippen molar-refractivity contribution >= 4 is 27.9 Å². The zero-order valence-electron chi connectivity index (χ0n) is 17.0. The largest absolute Gasteiger partial charge is 0.495 e. The topological polar surface area (TPSA) is 99.2 Å². The molecule has 164 valence electrons. The SMILES string of the molecule is COc1ccc(C=CC(=O)OCC(=O)c2ccccc2)cc1S(=O)(=O)N1CCOCC1. The van der Waals surface area contributed by atoms with Gasteiger partial charge in [0, 0.05) is 24.7 Å². The third kappa shape index (κ3) is 5.78. The summed E-state index contributed by atoms with van der Waals surface area (Å²) in [5.41, 5.74) is 0.923. The van der Waals surface area contributed by atoms with E-state index >= 15 is 0 Å². The second-order valence-electron chi connectivity index (χ2n) is 6.66. The molecule has 0 radical (unpaired) electrons. The van der Waals surface area contributed by atoms with Gasteiger partial charge in [-0.05, 0) is 23.8 Å². The van der Waals surface area contributed by atoms with E-state index in [0.717, 1.165) is 6.08 Å². The van der Waals surface area contributed by atoms with Crippen LogP contribution in [0, 0.1) is 0 Å². The molecule has 1 aliphatic rings. The Morgan fingerprint density at radius 3 is 2.48 bits per heavy atom. The number of benzene rings is 2. The number of morpholine rings is 1. The lowest BCUT2D eigenvalue weighted by molar-refractivity contribution is -0.136. The van der Waals surface area contributed by atoms with Gasteiger partial charge in [-0.15, -0.1) is 0 Å². The summed E-state index contributed by atoms with van der Waals surface area (Å²) in [6, 6.07) is 13.1. The minimum Gasteiger partial charge on any atom is -0.495 e. The fourth-order valence-electron chi connectivity index (χ4n) is 2.98. The Balaban J connectivity index is 1.70. The average molecular weight is 445 g/mol. The highest BCUT2D eigenvalue weighted by atomic mass is 32.2. The van der Waals surface area contributed by atoms with Crippen molar-refractivity contribution in [1.29, 1.82) is 0 Å². The van der Waals surface area contributed by atoms with Crippen LogP contribution in [0.4, 0.5) is 0 Å². The molecule has 1 heterocycles. The van der Waals surface area contributed by atoms with Gasteiger partial charge in [0.25, 0.3) is 0 Å². The van der Waals surface area contributed by atoms with Gasteiger partial charge in [-0.25, -0.2) is 13.2 Å². The maximum Gasteiger partial charge on any atom is 0.331 e. The fourth-order valence-corrected chi connectivity index (χ4v) is 4.58. The number of nitrogens with zero attached hydrogens (tertiary/aromatic N) is 1. The number of sulfonamides is 1. The minimum atomic E-state index is -3.78. The van der Waals surface area contributed by atoms with Gasteiger partial charge < -0.3 is 14.2 Å². The van der Waals surface area contributed by atoms with E-state index in [2.05, 4.69) is 0 Å². The number of carbonyl (C=O) groups is 2. The predicted octanol–water partition coefficient (Wildman–Crippen LogP) is 2.16. The Kier molecular flexibility index (Phi) is 7.56. The Hall–Kier alpha value is -3.01. The zero-order valence-corrected chi connectivity index (χ0v) is 17.8. The summed E-state index contributed by atoms with van der Waals surface area (Å²) >= 11 is 0. The minimum absolute atomic E-state index is 0.00618. The van der Waals surface area contributed by atoms with E-state index in [1.165, 1.54) is 29.6 Å². The number of hydrogen-bond donors (Lipinski definition) is 0. The van der Waals surface area contributed by atoms with Crippen LogP contribution in [-0.4, -0.2) is 64.5 Å². The highest BCUT2D eigenvalue weighted by molar-refractivity contribution is 7.89. The molecule has 0 spiro atoms. The molecule has 0 aromatic heterocycles. The van der Waals surface area contributed by atoms with E-state index in [1.54, 1.807) is 36.4 Å². The van der Waals surface area contributed by atoms with Crippen LogP contribution >= 0.6 is 0 Å². The van der Waals surface area contributed by atoms with E-state index in [-0.39, 0.29) is 36.1 Å². The van der Waals surface area contributed by atoms with Crippen LogP contribution in [0.25, 0.3) is 6.08 Å². The molecule has 0 unspecified atom stereocenters. The predicted molar refractivity (Wildman–Crippen MR) is 113 cm³/mol. The van der Waals surface area contributed by atoms with Crippen molar-refractivity contribution in [3.8, 4) is 5.75 Å². The van der Waals surface area contributed by atoms with Crippen molar-refractivity contribution in [2.45, 2.75) is 4.90 Å². The second kappa shape index (κ2) is 10.3. The first-order valence-electron chi connectivity index (χ1n) is 9.61. The van der Waals surface area contributed by atoms with Crippen LogP contribution in [0.3, 0.4) is 0 Å². The van der Waals surface area contributed by atoms with Gasteiger partial charge in [-0.1, -0.05) is 36.4 Å². The first kappa shape index (κ1) is 22.7. The van der Waals surface area contributed by atoms with Gasteiger partial charge >= 0.3 is 5.97 Å². The Bertz CT molecular complexity index is 1060. The molecule has 0 N–H and O–H groups in total. The summed E-state index contributed by atoms with van der Waals surface area (Å²) in [5.74, 6) is -0.817. The van der Waals surface area contributed by atoms with Gasteiger partial charge in [0.15, 0.2) is 12.4 Å². The quantitative estimate of drug-likeness (QED) is 0.349. The number of esters is 1. The molecule has 2 aromatic rings. The monoisotopic (exact) mass is 445 g/mol. The molecular weight excluding hydrogens is 422 g/mol. The summed E-state index contributed by atoms with van der Waals surface area (Å²) in [6.07, 6.45) is 2.57. The first-order valence-corrected chi connectivity index (χ1v) is 11.0. The molecule has 9 heteroatoms. The van der Waals surface area contributed by atoms with Crippen molar-refractivity contribution in [3.05, 3.63) is 65.7 Å². The van der Waals surface area contributed by atoms with E-state index in [9.17, 15) is 18.0 Å². The maximum atomic E-state index is 13.0. The number of methoxy groups -OCH3 is 1. The lowest BCUT2D eigenvalue weighted by atomic mass is 10.1. The molecule has 8 nitrogen and oxygen atoms in total. The number of ketones is 1. The highest BCUT2D eigenvalue weighted by Crippen LogP contribution is 2.28. The molecule has 0 saturated carbocycles. The molecule has 1 fully saturated rings.